The molecule has 7 heteroatoms. The van der Waals surface area contributed by atoms with E-state index in [1.807, 2.05) is 0 Å². The topological polar surface area (TPSA) is 32.3 Å². The molecule has 3 rings (SSSR count). The maximum atomic E-state index is 12.4. The van der Waals surface area contributed by atoms with Gasteiger partial charge >= 0.3 is 6.18 Å². The van der Waals surface area contributed by atoms with E-state index < -0.39 is 12.6 Å². The Bertz CT molecular complexity index is 549. The second kappa shape index (κ2) is 7.89. The third-order valence-electron chi connectivity index (χ3n) is 5.59. The number of nitrogens with zero attached hydrogens (tertiary/aromatic N) is 4. The zero-order valence-electron chi connectivity index (χ0n) is 14.8. The van der Waals surface area contributed by atoms with Crippen molar-refractivity contribution in [2.45, 2.75) is 57.7 Å². The van der Waals surface area contributed by atoms with Crippen LogP contribution in [0.15, 0.2) is 12.3 Å². The standard InChI is InChI=1S/C18H27F3N4/c1-14(24-10-2-3-11-24)15-6-12-25(13-7-15)17-22-9-5-16(23-17)4-8-18(19,20)21/h5,9,14-15H,2-4,6-8,10-13H2,1H3/t14-/m0/s1. The molecule has 0 N–H and O–H groups in total. The monoisotopic (exact) mass is 356 g/mol. The zero-order chi connectivity index (χ0) is 17.9. The van der Waals surface area contributed by atoms with Crippen LogP contribution in [0, 0.1) is 5.92 Å². The van der Waals surface area contributed by atoms with Gasteiger partial charge < -0.3 is 9.80 Å². The van der Waals surface area contributed by atoms with Crippen LogP contribution >= 0.6 is 0 Å². The van der Waals surface area contributed by atoms with Gasteiger partial charge in [0, 0.05) is 37.4 Å². The molecule has 2 fully saturated rings. The van der Waals surface area contributed by atoms with Gasteiger partial charge in [-0.25, -0.2) is 9.97 Å². The molecule has 0 bridgehead atoms. The summed E-state index contributed by atoms with van der Waals surface area (Å²) < 4.78 is 37.2. The molecule has 140 valence electrons. The maximum Gasteiger partial charge on any atom is 0.389 e. The number of rotatable bonds is 5. The predicted octanol–water partition coefficient (Wildman–Crippen LogP) is 3.67. The first kappa shape index (κ1) is 18.4. The summed E-state index contributed by atoms with van der Waals surface area (Å²) in [5.41, 5.74) is 0.467. The quantitative estimate of drug-likeness (QED) is 0.806. The van der Waals surface area contributed by atoms with E-state index in [4.69, 9.17) is 0 Å². The van der Waals surface area contributed by atoms with E-state index in [2.05, 4.69) is 26.7 Å². The zero-order valence-corrected chi connectivity index (χ0v) is 14.8. The van der Waals surface area contributed by atoms with Gasteiger partial charge in [0.15, 0.2) is 0 Å². The lowest BCUT2D eigenvalue weighted by atomic mass is 9.89. The van der Waals surface area contributed by atoms with Crippen LogP contribution in [0.3, 0.4) is 0 Å². The van der Waals surface area contributed by atoms with Crippen LogP contribution in [0.5, 0.6) is 0 Å². The van der Waals surface area contributed by atoms with Gasteiger partial charge in [-0.3, -0.25) is 0 Å². The van der Waals surface area contributed by atoms with Gasteiger partial charge in [-0.2, -0.15) is 13.2 Å². The first-order valence-electron chi connectivity index (χ1n) is 9.30. The minimum atomic E-state index is -4.14. The van der Waals surface area contributed by atoms with Crippen LogP contribution in [-0.4, -0.2) is 53.3 Å². The van der Waals surface area contributed by atoms with Gasteiger partial charge in [-0.1, -0.05) is 0 Å². The summed E-state index contributed by atoms with van der Waals surface area (Å²) in [6.07, 6.45) is 1.31. The number of alkyl halides is 3. The lowest BCUT2D eigenvalue weighted by molar-refractivity contribution is -0.134. The molecular formula is C18H27F3N4. The highest BCUT2D eigenvalue weighted by Crippen LogP contribution is 2.28. The van der Waals surface area contributed by atoms with E-state index in [0.29, 0.717) is 23.6 Å². The van der Waals surface area contributed by atoms with E-state index in [1.165, 1.54) is 25.9 Å². The van der Waals surface area contributed by atoms with E-state index in [0.717, 1.165) is 25.9 Å². The predicted molar refractivity (Wildman–Crippen MR) is 91.6 cm³/mol. The summed E-state index contributed by atoms with van der Waals surface area (Å²) in [5, 5.41) is 0. The van der Waals surface area contributed by atoms with Crippen LogP contribution < -0.4 is 4.90 Å². The van der Waals surface area contributed by atoms with Gasteiger partial charge in [0.25, 0.3) is 0 Å². The van der Waals surface area contributed by atoms with Gasteiger partial charge in [0.2, 0.25) is 5.95 Å². The Hall–Kier alpha value is -1.37. The summed E-state index contributed by atoms with van der Waals surface area (Å²) >= 11 is 0. The third kappa shape index (κ3) is 5.06. The average Bonchev–Trinajstić information content (AvgIpc) is 3.14. The van der Waals surface area contributed by atoms with Crippen molar-refractivity contribution < 1.29 is 13.2 Å². The van der Waals surface area contributed by atoms with E-state index in [1.54, 1.807) is 12.3 Å². The van der Waals surface area contributed by atoms with Crippen LogP contribution in [0.4, 0.5) is 19.1 Å². The molecule has 25 heavy (non-hydrogen) atoms. The lowest BCUT2D eigenvalue weighted by Gasteiger charge is -2.38. The molecule has 0 radical (unpaired) electrons. The van der Waals surface area contributed by atoms with Crippen LogP contribution in [0.2, 0.25) is 0 Å². The van der Waals surface area contributed by atoms with Gasteiger partial charge in [-0.05, 0) is 64.1 Å². The van der Waals surface area contributed by atoms with Crippen molar-refractivity contribution in [3.8, 4) is 0 Å². The summed E-state index contributed by atoms with van der Waals surface area (Å²) in [5.74, 6) is 1.26. The van der Waals surface area contributed by atoms with Crippen molar-refractivity contribution in [2.75, 3.05) is 31.1 Å². The fraction of sp³-hybridized carbons (Fsp3) is 0.778. The number of anilines is 1. The number of likely N-dealkylation sites (tertiary alicyclic amines) is 1. The van der Waals surface area contributed by atoms with Gasteiger partial charge in [-0.15, -0.1) is 0 Å². The molecular weight excluding hydrogens is 329 g/mol. The highest BCUT2D eigenvalue weighted by molar-refractivity contribution is 5.31. The van der Waals surface area contributed by atoms with Crippen molar-refractivity contribution in [1.82, 2.24) is 14.9 Å². The van der Waals surface area contributed by atoms with Crippen molar-refractivity contribution in [3.05, 3.63) is 18.0 Å². The summed E-state index contributed by atoms with van der Waals surface area (Å²) in [6, 6.07) is 2.20. The first-order valence-corrected chi connectivity index (χ1v) is 9.30. The Balaban J connectivity index is 1.54. The lowest BCUT2D eigenvalue weighted by Crippen LogP contribution is -2.43. The molecule has 0 aromatic carbocycles. The summed E-state index contributed by atoms with van der Waals surface area (Å²) in [6.45, 7) is 6.52. The Morgan fingerprint density at radius 3 is 2.48 bits per heavy atom. The molecule has 0 amide bonds. The van der Waals surface area contributed by atoms with Crippen molar-refractivity contribution in [2.24, 2.45) is 5.92 Å². The minimum Gasteiger partial charge on any atom is -0.341 e. The molecule has 3 heterocycles. The fourth-order valence-electron chi connectivity index (χ4n) is 3.97. The fourth-order valence-corrected chi connectivity index (χ4v) is 3.97. The number of aryl methyl sites for hydroxylation is 1. The average molecular weight is 356 g/mol. The Labute approximate surface area is 147 Å². The highest BCUT2D eigenvalue weighted by Gasteiger charge is 2.30. The normalized spacial score (nSPS) is 21.7. The largest absolute Gasteiger partial charge is 0.389 e. The van der Waals surface area contributed by atoms with Crippen LogP contribution in [0.1, 0.15) is 44.7 Å². The molecule has 2 aliphatic heterocycles. The Morgan fingerprint density at radius 1 is 1.16 bits per heavy atom. The van der Waals surface area contributed by atoms with Crippen molar-refractivity contribution in [1.29, 1.82) is 0 Å². The maximum absolute atomic E-state index is 12.4. The summed E-state index contributed by atoms with van der Waals surface area (Å²) in [7, 11) is 0. The van der Waals surface area contributed by atoms with Crippen LogP contribution in [-0.2, 0) is 6.42 Å². The van der Waals surface area contributed by atoms with Crippen molar-refractivity contribution >= 4 is 5.95 Å². The Morgan fingerprint density at radius 2 is 1.84 bits per heavy atom. The minimum absolute atomic E-state index is 0.0819. The molecule has 2 saturated heterocycles. The number of piperidine rings is 1. The van der Waals surface area contributed by atoms with Crippen LogP contribution in [0.25, 0.3) is 0 Å². The van der Waals surface area contributed by atoms with E-state index in [-0.39, 0.29) is 6.42 Å². The van der Waals surface area contributed by atoms with Gasteiger partial charge in [0.1, 0.15) is 0 Å². The number of aromatic nitrogens is 2. The molecule has 1 aromatic rings. The Kier molecular flexibility index (Phi) is 5.81. The molecule has 4 nitrogen and oxygen atoms in total. The number of hydrogen-bond acceptors (Lipinski definition) is 4. The van der Waals surface area contributed by atoms with Crippen molar-refractivity contribution in [3.63, 3.8) is 0 Å². The molecule has 0 spiro atoms. The molecule has 0 aliphatic carbocycles. The molecule has 0 unspecified atom stereocenters. The summed E-state index contributed by atoms with van der Waals surface area (Å²) in [4.78, 5) is 13.3. The smallest absolute Gasteiger partial charge is 0.341 e. The number of hydrogen-bond donors (Lipinski definition) is 0. The molecule has 0 saturated carbocycles. The first-order chi connectivity index (χ1) is 11.9. The second-order valence-electron chi connectivity index (χ2n) is 7.27. The number of halogens is 3. The molecule has 1 aromatic heterocycles. The van der Waals surface area contributed by atoms with E-state index in [9.17, 15) is 13.2 Å². The third-order valence-corrected chi connectivity index (χ3v) is 5.59. The SMILES string of the molecule is C[C@@H](C1CCN(c2nccc(CCC(F)(F)F)n2)CC1)N1CCCC1. The molecule has 2 aliphatic rings. The molecule has 1 atom stereocenters. The highest BCUT2D eigenvalue weighted by atomic mass is 19.4. The second-order valence-corrected chi connectivity index (χ2v) is 7.27. The van der Waals surface area contributed by atoms with Gasteiger partial charge in [0.05, 0.1) is 0 Å². The van der Waals surface area contributed by atoms with E-state index >= 15 is 0 Å².